The lowest BCUT2D eigenvalue weighted by molar-refractivity contribution is -0.153. The van der Waals surface area contributed by atoms with Gasteiger partial charge in [0.25, 0.3) is 5.91 Å². The van der Waals surface area contributed by atoms with Crippen molar-refractivity contribution in [2.75, 3.05) is 13.1 Å². The predicted octanol–water partition coefficient (Wildman–Crippen LogP) is 2.03. The van der Waals surface area contributed by atoms with Crippen LogP contribution in [0.4, 0.5) is 0 Å². The van der Waals surface area contributed by atoms with Crippen LogP contribution in [0.3, 0.4) is 0 Å². The normalized spacial score (nSPS) is 11.4. The first-order valence-corrected chi connectivity index (χ1v) is 7.22. The molecule has 114 valence electrons. The van der Waals surface area contributed by atoms with E-state index in [4.69, 9.17) is 17.0 Å². The molecular weight excluding hydrogens is 288 g/mol. The fourth-order valence-electron chi connectivity index (χ4n) is 1.83. The number of esters is 1. The third-order valence-corrected chi connectivity index (χ3v) is 3.27. The van der Waals surface area contributed by atoms with Gasteiger partial charge in [-0.15, -0.1) is 0 Å². The molecule has 0 radical (unpaired) electrons. The van der Waals surface area contributed by atoms with Crippen molar-refractivity contribution in [1.29, 1.82) is 0 Å². The number of amides is 1. The zero-order valence-electron chi connectivity index (χ0n) is 12.5. The van der Waals surface area contributed by atoms with Gasteiger partial charge in [0.1, 0.15) is 0 Å². The first-order valence-electron chi connectivity index (χ1n) is 6.81. The second-order valence-electron chi connectivity index (χ2n) is 4.37. The van der Waals surface area contributed by atoms with Crippen LogP contribution >= 0.6 is 12.2 Å². The molecule has 1 amide bonds. The van der Waals surface area contributed by atoms with Crippen molar-refractivity contribution in [3.8, 4) is 0 Å². The topological polar surface area (TPSA) is 58.6 Å². The quantitative estimate of drug-likeness (QED) is 0.666. The molecule has 0 aliphatic carbocycles. The zero-order valence-corrected chi connectivity index (χ0v) is 13.3. The Kier molecular flexibility index (Phi) is 6.81. The molecule has 1 aromatic rings. The Balaban J connectivity index is 2.86. The van der Waals surface area contributed by atoms with Crippen LogP contribution < -0.4 is 5.32 Å². The second-order valence-corrected chi connectivity index (χ2v) is 4.75. The molecule has 0 bridgehead atoms. The van der Waals surface area contributed by atoms with E-state index in [2.05, 4.69) is 5.32 Å². The molecule has 0 aliphatic heterocycles. The lowest BCUT2D eigenvalue weighted by atomic mass is 10.1. The molecular formula is C15H20N2O3S. The van der Waals surface area contributed by atoms with Gasteiger partial charge in [0.05, 0.1) is 0 Å². The fourth-order valence-corrected chi connectivity index (χ4v) is 2.19. The van der Waals surface area contributed by atoms with Gasteiger partial charge in [-0.1, -0.05) is 30.3 Å². The summed E-state index contributed by atoms with van der Waals surface area (Å²) in [5.41, 5.74) is 0.604. The zero-order chi connectivity index (χ0) is 15.8. The average molecular weight is 308 g/mol. The molecule has 1 aromatic carbocycles. The van der Waals surface area contributed by atoms with Crippen molar-refractivity contribution in [1.82, 2.24) is 10.2 Å². The molecule has 1 N–H and O–H groups in total. The molecule has 0 fully saturated rings. The number of hydrogen-bond acceptors (Lipinski definition) is 4. The summed E-state index contributed by atoms with van der Waals surface area (Å²) in [6, 6.07) is 8.84. The Morgan fingerprint density at radius 1 is 1.24 bits per heavy atom. The molecule has 0 aliphatic rings. The maximum atomic E-state index is 12.3. The van der Waals surface area contributed by atoms with E-state index in [0.717, 1.165) is 0 Å². The Morgan fingerprint density at radius 2 is 1.81 bits per heavy atom. The third kappa shape index (κ3) is 5.15. The van der Waals surface area contributed by atoms with Gasteiger partial charge in [0.2, 0.25) is 6.10 Å². The molecule has 0 aromatic heterocycles. The SMILES string of the molecule is CCN(CC)C(=S)NC(=O)[C@H](OC(C)=O)c1ccccc1. The van der Waals surface area contributed by atoms with E-state index >= 15 is 0 Å². The van der Waals surface area contributed by atoms with Crippen LogP contribution in [0.5, 0.6) is 0 Å². The van der Waals surface area contributed by atoms with Gasteiger partial charge < -0.3 is 9.64 Å². The molecule has 1 atom stereocenters. The largest absolute Gasteiger partial charge is 0.447 e. The van der Waals surface area contributed by atoms with Gasteiger partial charge in [0, 0.05) is 25.6 Å². The van der Waals surface area contributed by atoms with E-state index < -0.39 is 18.0 Å². The van der Waals surface area contributed by atoms with Crippen LogP contribution in [0.15, 0.2) is 30.3 Å². The van der Waals surface area contributed by atoms with Crippen molar-refractivity contribution >= 4 is 29.2 Å². The summed E-state index contributed by atoms with van der Waals surface area (Å²) in [4.78, 5) is 25.4. The van der Waals surface area contributed by atoms with Gasteiger partial charge in [-0.2, -0.15) is 0 Å². The highest BCUT2D eigenvalue weighted by atomic mass is 32.1. The van der Waals surface area contributed by atoms with E-state index in [0.29, 0.717) is 23.8 Å². The molecule has 21 heavy (non-hydrogen) atoms. The monoisotopic (exact) mass is 308 g/mol. The molecule has 0 unspecified atom stereocenters. The number of carbonyl (C=O) groups excluding carboxylic acids is 2. The Labute approximate surface area is 130 Å². The summed E-state index contributed by atoms with van der Waals surface area (Å²) in [7, 11) is 0. The Bertz CT molecular complexity index is 501. The third-order valence-electron chi connectivity index (χ3n) is 2.91. The minimum Gasteiger partial charge on any atom is -0.447 e. The first-order chi connectivity index (χ1) is 9.99. The van der Waals surface area contributed by atoms with E-state index in [1.807, 2.05) is 24.8 Å². The molecule has 0 saturated carbocycles. The molecule has 1 rings (SSSR count). The highest BCUT2D eigenvalue weighted by molar-refractivity contribution is 7.80. The van der Waals surface area contributed by atoms with Gasteiger partial charge in [0.15, 0.2) is 5.11 Å². The van der Waals surface area contributed by atoms with E-state index in [1.54, 1.807) is 24.3 Å². The number of nitrogens with one attached hydrogen (secondary N) is 1. The Morgan fingerprint density at radius 3 is 2.29 bits per heavy atom. The predicted molar refractivity (Wildman–Crippen MR) is 84.6 cm³/mol. The van der Waals surface area contributed by atoms with Gasteiger partial charge in [-0.25, -0.2) is 0 Å². The molecule has 6 heteroatoms. The Hall–Kier alpha value is -1.95. The first kappa shape index (κ1) is 17.1. The minimum absolute atomic E-state index is 0.332. The van der Waals surface area contributed by atoms with Crippen molar-refractivity contribution in [3.63, 3.8) is 0 Å². The molecule has 0 heterocycles. The van der Waals surface area contributed by atoms with Gasteiger partial charge in [-0.05, 0) is 26.1 Å². The van der Waals surface area contributed by atoms with Crippen molar-refractivity contribution in [3.05, 3.63) is 35.9 Å². The average Bonchev–Trinajstić information content (AvgIpc) is 2.46. The van der Waals surface area contributed by atoms with Crippen LogP contribution in [0.25, 0.3) is 0 Å². The number of benzene rings is 1. The smallest absolute Gasteiger partial charge is 0.303 e. The summed E-state index contributed by atoms with van der Waals surface area (Å²) < 4.78 is 5.12. The minimum atomic E-state index is -1.00. The van der Waals surface area contributed by atoms with Crippen LogP contribution in [-0.2, 0) is 14.3 Å². The van der Waals surface area contributed by atoms with E-state index in [-0.39, 0.29) is 0 Å². The number of thiocarbonyl (C=S) groups is 1. The maximum Gasteiger partial charge on any atom is 0.303 e. The number of ether oxygens (including phenoxy) is 1. The summed E-state index contributed by atoms with van der Waals surface area (Å²) in [5, 5.41) is 2.96. The van der Waals surface area contributed by atoms with Gasteiger partial charge >= 0.3 is 5.97 Å². The number of carbonyl (C=O) groups is 2. The number of rotatable bonds is 5. The summed E-state index contributed by atoms with van der Waals surface area (Å²) in [6.07, 6.45) is -1.00. The number of hydrogen-bond donors (Lipinski definition) is 1. The number of nitrogens with zero attached hydrogens (tertiary/aromatic N) is 1. The highest BCUT2D eigenvalue weighted by Gasteiger charge is 2.25. The summed E-state index contributed by atoms with van der Waals surface area (Å²) in [6.45, 7) is 6.55. The maximum absolute atomic E-state index is 12.3. The summed E-state index contributed by atoms with van der Waals surface area (Å²) >= 11 is 5.19. The van der Waals surface area contributed by atoms with Crippen LogP contribution in [0.1, 0.15) is 32.4 Å². The fraction of sp³-hybridized carbons (Fsp3) is 0.400. The van der Waals surface area contributed by atoms with E-state index in [1.165, 1.54) is 6.92 Å². The molecule has 5 nitrogen and oxygen atoms in total. The summed E-state index contributed by atoms with van der Waals surface area (Å²) in [5.74, 6) is -0.971. The standard InChI is InChI=1S/C15H20N2O3S/c1-4-17(5-2)15(21)16-14(19)13(20-11(3)18)12-9-7-6-8-10-12/h6-10,13H,4-5H2,1-3H3,(H,16,19,21)/t13-/m1/s1. The van der Waals surface area contributed by atoms with Crippen molar-refractivity contribution in [2.45, 2.75) is 26.9 Å². The molecule has 0 spiro atoms. The van der Waals surface area contributed by atoms with Crippen LogP contribution in [0, 0.1) is 0 Å². The van der Waals surface area contributed by atoms with E-state index in [9.17, 15) is 9.59 Å². The molecule has 0 saturated heterocycles. The van der Waals surface area contributed by atoms with Crippen molar-refractivity contribution in [2.24, 2.45) is 0 Å². The second kappa shape index (κ2) is 8.36. The highest BCUT2D eigenvalue weighted by Crippen LogP contribution is 2.17. The van der Waals surface area contributed by atoms with Gasteiger partial charge in [-0.3, -0.25) is 14.9 Å². The lowest BCUT2D eigenvalue weighted by Crippen LogP contribution is -2.44. The lowest BCUT2D eigenvalue weighted by Gasteiger charge is -2.24. The van der Waals surface area contributed by atoms with Crippen LogP contribution in [0.2, 0.25) is 0 Å². The van der Waals surface area contributed by atoms with Crippen LogP contribution in [-0.4, -0.2) is 35.0 Å². The van der Waals surface area contributed by atoms with Crippen molar-refractivity contribution < 1.29 is 14.3 Å².